The topological polar surface area (TPSA) is 126 Å². The normalized spacial score (nSPS) is 21.8. The quantitative estimate of drug-likeness (QED) is 0.597. The summed E-state index contributed by atoms with van der Waals surface area (Å²) in [5.41, 5.74) is 4.41. The zero-order valence-electron chi connectivity index (χ0n) is 20.2. The van der Waals surface area contributed by atoms with Crippen molar-refractivity contribution in [1.29, 1.82) is 0 Å². The van der Waals surface area contributed by atoms with Crippen molar-refractivity contribution in [3.63, 3.8) is 0 Å². The van der Waals surface area contributed by atoms with Gasteiger partial charge in [-0.3, -0.25) is 19.6 Å². The molecule has 2 atom stereocenters. The van der Waals surface area contributed by atoms with E-state index in [1.165, 1.54) is 12.1 Å². The van der Waals surface area contributed by atoms with Gasteiger partial charge in [-0.25, -0.2) is 0 Å². The number of aryl methyl sites for hydroxylation is 1. The number of amides is 2. The van der Waals surface area contributed by atoms with E-state index in [2.05, 4.69) is 9.98 Å². The number of carbonyl (C=O) groups is 2. The highest BCUT2D eigenvalue weighted by Crippen LogP contribution is 2.34. The summed E-state index contributed by atoms with van der Waals surface area (Å²) in [7, 11) is 0. The van der Waals surface area contributed by atoms with Gasteiger partial charge < -0.3 is 25.1 Å². The lowest BCUT2D eigenvalue weighted by Crippen LogP contribution is -2.35. The molecule has 2 aromatic rings. The van der Waals surface area contributed by atoms with E-state index in [4.69, 9.17) is 5.11 Å². The molecule has 4 heterocycles. The smallest absolute Gasteiger partial charge is 0.256 e. The van der Waals surface area contributed by atoms with Gasteiger partial charge in [0.1, 0.15) is 5.75 Å². The number of hydrogen-bond acceptors (Lipinski definition) is 7. The molecule has 2 aromatic carbocycles. The number of rotatable bonds is 2. The van der Waals surface area contributed by atoms with Crippen LogP contribution in [0.15, 0.2) is 34.3 Å². The maximum atomic E-state index is 12.5. The molecule has 0 aliphatic carbocycles. The first-order valence-electron chi connectivity index (χ1n) is 12.3. The maximum absolute atomic E-state index is 12.5. The average molecular weight is 491 g/mol. The predicted octanol–water partition coefficient (Wildman–Crippen LogP) is 3.01. The number of phenols is 1. The Bertz CT molecular complexity index is 1170. The minimum absolute atomic E-state index is 0.0248. The predicted molar refractivity (Wildman–Crippen MR) is 136 cm³/mol. The van der Waals surface area contributed by atoms with Crippen LogP contribution in [0.1, 0.15) is 63.1 Å². The highest BCUT2D eigenvalue weighted by molar-refractivity contribution is 6.04. The van der Waals surface area contributed by atoms with Crippen LogP contribution in [-0.2, 0) is 13.2 Å². The third-order valence-electron chi connectivity index (χ3n) is 7.34. The number of fused-ring (bicyclic) bond motifs is 4. The van der Waals surface area contributed by atoms with Crippen molar-refractivity contribution >= 4 is 35.6 Å². The Kier molecular flexibility index (Phi) is 6.59. The molecule has 2 fully saturated rings. The Hall–Kier alpha value is -3.56. The molecule has 0 aromatic heterocycles. The van der Waals surface area contributed by atoms with Gasteiger partial charge in [-0.2, -0.15) is 0 Å². The van der Waals surface area contributed by atoms with E-state index in [-0.39, 0.29) is 42.9 Å². The van der Waals surface area contributed by atoms with Crippen LogP contribution in [0.25, 0.3) is 0 Å². The molecule has 188 valence electrons. The fourth-order valence-corrected chi connectivity index (χ4v) is 5.25. The highest BCUT2D eigenvalue weighted by atomic mass is 16.3. The van der Waals surface area contributed by atoms with E-state index in [0.29, 0.717) is 22.4 Å². The summed E-state index contributed by atoms with van der Waals surface area (Å²) < 4.78 is 0. The number of aliphatic hydroxyl groups is 2. The highest BCUT2D eigenvalue weighted by Gasteiger charge is 2.33. The molecule has 9 heteroatoms. The molecule has 4 aliphatic heterocycles. The molecular weight excluding hydrogens is 460 g/mol. The summed E-state index contributed by atoms with van der Waals surface area (Å²) in [6.07, 6.45) is 7.61. The number of aromatic hydroxyl groups is 1. The molecular formula is C27H30N4O5. The van der Waals surface area contributed by atoms with Crippen LogP contribution >= 0.6 is 0 Å². The van der Waals surface area contributed by atoms with Crippen molar-refractivity contribution in [2.75, 3.05) is 13.1 Å². The number of hydrogen-bond donors (Lipinski definition) is 3. The van der Waals surface area contributed by atoms with Gasteiger partial charge in [0.2, 0.25) is 0 Å². The van der Waals surface area contributed by atoms with Crippen LogP contribution in [0.5, 0.6) is 5.75 Å². The van der Waals surface area contributed by atoms with Crippen molar-refractivity contribution in [2.24, 2.45) is 9.98 Å². The first kappa shape index (κ1) is 24.1. The van der Waals surface area contributed by atoms with Crippen LogP contribution < -0.4 is 0 Å². The first-order chi connectivity index (χ1) is 17.4. The maximum Gasteiger partial charge on any atom is 0.256 e. The molecule has 6 rings (SSSR count). The standard InChI is InChI=1S/C14H16N2O2.C13H14N2O3/c1-9-5-13-12(6-10(9)8-17)14(18)16-4-2-3-11(16)7-15-13;16-7-8-4-10-11(5-12(8)17)14-6-9-2-1-3-15(9)13(10)18/h5-7,11,17H,2-4,8H2,1H3;4-6,9,16-17H,1-3,7H2/t11-;9-/m00/s1. The van der Waals surface area contributed by atoms with Gasteiger partial charge in [-0.1, -0.05) is 0 Å². The SMILES string of the molecule is Cc1cc2c(cc1CO)C(=O)N1CCC[C@H]1C=N2.O=C1c2cc(CO)c(O)cc2N=C[C@@H]2CCCN12. The lowest BCUT2D eigenvalue weighted by Gasteiger charge is -2.20. The van der Waals surface area contributed by atoms with E-state index >= 15 is 0 Å². The van der Waals surface area contributed by atoms with E-state index in [9.17, 15) is 19.8 Å². The fraction of sp³-hybridized carbons (Fsp3) is 0.407. The molecule has 9 nitrogen and oxygen atoms in total. The summed E-state index contributed by atoms with van der Waals surface area (Å²) in [5.74, 6) is -0.0531. The molecule has 0 saturated carbocycles. The lowest BCUT2D eigenvalue weighted by molar-refractivity contribution is 0.0766. The number of nitrogens with zero attached hydrogens (tertiary/aromatic N) is 4. The summed E-state index contributed by atoms with van der Waals surface area (Å²) in [6, 6.07) is 6.85. The third-order valence-corrected chi connectivity index (χ3v) is 7.34. The zero-order chi connectivity index (χ0) is 25.4. The largest absolute Gasteiger partial charge is 0.508 e. The molecule has 2 saturated heterocycles. The van der Waals surface area contributed by atoms with Crippen LogP contribution in [0.4, 0.5) is 11.4 Å². The van der Waals surface area contributed by atoms with Crippen molar-refractivity contribution in [3.05, 3.63) is 52.1 Å². The number of aliphatic hydroxyl groups excluding tert-OH is 2. The van der Waals surface area contributed by atoms with Crippen LogP contribution in [0.2, 0.25) is 0 Å². The molecule has 0 radical (unpaired) electrons. The Morgan fingerprint density at radius 3 is 1.83 bits per heavy atom. The van der Waals surface area contributed by atoms with Crippen LogP contribution in [0, 0.1) is 6.92 Å². The summed E-state index contributed by atoms with van der Waals surface area (Å²) in [6.45, 7) is 3.14. The fourth-order valence-electron chi connectivity index (χ4n) is 5.25. The van der Waals surface area contributed by atoms with Crippen molar-refractivity contribution in [2.45, 2.75) is 57.9 Å². The zero-order valence-corrected chi connectivity index (χ0v) is 20.2. The Balaban J connectivity index is 0.000000148. The molecule has 36 heavy (non-hydrogen) atoms. The number of aliphatic imine (C=N–C) groups is 2. The van der Waals surface area contributed by atoms with E-state index in [1.54, 1.807) is 17.2 Å². The second kappa shape index (κ2) is 9.83. The minimum Gasteiger partial charge on any atom is -0.508 e. The van der Waals surface area contributed by atoms with Gasteiger partial charge in [-0.15, -0.1) is 0 Å². The monoisotopic (exact) mass is 490 g/mol. The van der Waals surface area contributed by atoms with Gasteiger partial charge in [0.15, 0.2) is 0 Å². The molecule has 0 bridgehead atoms. The van der Waals surface area contributed by atoms with Crippen molar-refractivity contribution in [1.82, 2.24) is 9.80 Å². The second-order valence-corrected chi connectivity index (χ2v) is 9.58. The Morgan fingerprint density at radius 2 is 1.31 bits per heavy atom. The molecule has 4 aliphatic rings. The van der Waals surface area contributed by atoms with E-state index in [1.807, 2.05) is 24.1 Å². The van der Waals surface area contributed by atoms with Gasteiger partial charge >= 0.3 is 0 Å². The Morgan fingerprint density at radius 1 is 0.806 bits per heavy atom. The lowest BCUT2D eigenvalue weighted by atomic mass is 10.0. The Labute approximate surface area is 209 Å². The number of benzene rings is 2. The minimum atomic E-state index is -0.292. The van der Waals surface area contributed by atoms with Crippen molar-refractivity contribution in [3.8, 4) is 5.75 Å². The summed E-state index contributed by atoms with van der Waals surface area (Å²) in [4.78, 5) is 37.3. The molecule has 3 N–H and O–H groups in total. The number of carbonyl (C=O) groups excluding carboxylic acids is 2. The van der Waals surface area contributed by atoms with Gasteiger partial charge in [0.05, 0.1) is 47.8 Å². The van der Waals surface area contributed by atoms with Gasteiger partial charge in [0.25, 0.3) is 11.8 Å². The third kappa shape index (κ3) is 4.29. The summed E-state index contributed by atoms with van der Waals surface area (Å²) in [5, 5.41) is 28.1. The second-order valence-electron chi connectivity index (χ2n) is 9.58. The summed E-state index contributed by atoms with van der Waals surface area (Å²) >= 11 is 0. The van der Waals surface area contributed by atoms with Crippen LogP contribution in [-0.4, -0.2) is 74.5 Å². The first-order valence-corrected chi connectivity index (χ1v) is 12.3. The molecule has 0 spiro atoms. The van der Waals surface area contributed by atoms with Gasteiger partial charge in [0, 0.05) is 37.1 Å². The van der Waals surface area contributed by atoms with E-state index in [0.717, 1.165) is 55.6 Å². The van der Waals surface area contributed by atoms with Gasteiger partial charge in [-0.05, 0) is 61.9 Å². The average Bonchev–Trinajstić information content (AvgIpc) is 3.50. The van der Waals surface area contributed by atoms with E-state index < -0.39 is 0 Å². The molecule has 2 amide bonds. The van der Waals surface area contributed by atoms with Crippen LogP contribution in [0.3, 0.4) is 0 Å². The van der Waals surface area contributed by atoms with Crippen molar-refractivity contribution < 1.29 is 24.9 Å². The molecule has 0 unspecified atom stereocenters.